The van der Waals surface area contributed by atoms with Crippen LogP contribution in [0.15, 0.2) is 24.3 Å². The van der Waals surface area contributed by atoms with Crippen LogP contribution in [0.4, 0.5) is 0 Å². The molecule has 0 aromatic heterocycles. The zero-order chi connectivity index (χ0) is 15.1. The summed E-state index contributed by atoms with van der Waals surface area (Å²) in [7, 11) is 1.62. The number of hydrogen-bond donors (Lipinski definition) is 2. The number of aromatic carboxylic acids is 1. The molecule has 5 nitrogen and oxygen atoms in total. The summed E-state index contributed by atoms with van der Waals surface area (Å²) in [5, 5.41) is 11.7. The number of methoxy groups -OCH3 is 1. The number of rotatable bonds is 7. The van der Waals surface area contributed by atoms with E-state index in [2.05, 4.69) is 5.32 Å². The highest BCUT2D eigenvalue weighted by Crippen LogP contribution is 2.07. The van der Waals surface area contributed by atoms with Gasteiger partial charge in [-0.2, -0.15) is 0 Å². The monoisotopic (exact) mass is 279 g/mol. The second-order valence-electron chi connectivity index (χ2n) is 5.00. The van der Waals surface area contributed by atoms with Crippen molar-refractivity contribution in [1.82, 2.24) is 5.32 Å². The molecule has 0 radical (unpaired) electrons. The summed E-state index contributed by atoms with van der Waals surface area (Å²) in [5.41, 5.74) is 0.869. The zero-order valence-corrected chi connectivity index (χ0v) is 12.1. The maximum Gasteiger partial charge on any atom is 0.335 e. The quantitative estimate of drug-likeness (QED) is 0.796. The van der Waals surface area contributed by atoms with Crippen LogP contribution in [0.3, 0.4) is 0 Å². The Labute approximate surface area is 118 Å². The predicted octanol–water partition coefficient (Wildman–Crippen LogP) is 1.71. The molecule has 1 unspecified atom stereocenters. The number of nitrogens with one attached hydrogen (secondary N) is 1. The first-order chi connectivity index (χ1) is 9.43. The normalized spacial score (nSPS) is 12.2. The Morgan fingerprint density at radius 1 is 1.35 bits per heavy atom. The maximum absolute atomic E-state index is 11.8. The van der Waals surface area contributed by atoms with Crippen LogP contribution in [0, 0.1) is 5.92 Å². The Bertz CT molecular complexity index is 471. The summed E-state index contributed by atoms with van der Waals surface area (Å²) in [4.78, 5) is 22.7. The minimum absolute atomic E-state index is 0.0238. The number of carbonyl (C=O) groups is 2. The van der Waals surface area contributed by atoms with Crippen molar-refractivity contribution in [3.8, 4) is 0 Å². The molecule has 2 N–H and O–H groups in total. The molecular formula is C15H21NO4. The first kappa shape index (κ1) is 16.2. The predicted molar refractivity (Wildman–Crippen MR) is 75.8 cm³/mol. The van der Waals surface area contributed by atoms with Gasteiger partial charge in [0.15, 0.2) is 0 Å². The lowest BCUT2D eigenvalue weighted by Gasteiger charge is -2.19. The van der Waals surface area contributed by atoms with Gasteiger partial charge in [0.1, 0.15) is 0 Å². The molecule has 0 bridgehead atoms. The number of carboxylic acids is 1. The van der Waals surface area contributed by atoms with E-state index in [1.54, 1.807) is 19.2 Å². The molecule has 0 aliphatic carbocycles. The van der Waals surface area contributed by atoms with E-state index >= 15 is 0 Å². The van der Waals surface area contributed by atoms with Crippen molar-refractivity contribution in [3.05, 3.63) is 35.4 Å². The van der Waals surface area contributed by atoms with Crippen LogP contribution < -0.4 is 5.32 Å². The van der Waals surface area contributed by atoms with Crippen molar-refractivity contribution in [2.75, 3.05) is 13.7 Å². The van der Waals surface area contributed by atoms with Gasteiger partial charge in [0.25, 0.3) is 0 Å². The smallest absolute Gasteiger partial charge is 0.335 e. The summed E-state index contributed by atoms with van der Waals surface area (Å²) < 4.78 is 5.27. The van der Waals surface area contributed by atoms with Gasteiger partial charge in [-0.3, -0.25) is 4.79 Å². The van der Waals surface area contributed by atoms with Crippen LogP contribution in [0.5, 0.6) is 0 Å². The summed E-state index contributed by atoms with van der Waals surface area (Å²) in [5.74, 6) is -0.822. The SMILES string of the molecule is COC(CNC(=O)Cc1cccc(C(=O)O)c1)C(C)C. The highest BCUT2D eigenvalue weighted by molar-refractivity contribution is 5.88. The third-order valence-corrected chi connectivity index (χ3v) is 3.09. The lowest BCUT2D eigenvalue weighted by molar-refractivity contribution is -0.121. The summed E-state index contributed by atoms with van der Waals surface area (Å²) in [6.07, 6.45) is 0.139. The third kappa shape index (κ3) is 5.01. The van der Waals surface area contributed by atoms with Gasteiger partial charge in [-0.05, 0) is 23.6 Å². The number of ether oxygens (including phenoxy) is 1. The molecule has 0 aliphatic heterocycles. The van der Waals surface area contributed by atoms with Gasteiger partial charge in [0.2, 0.25) is 5.91 Å². The molecule has 0 heterocycles. The van der Waals surface area contributed by atoms with Crippen molar-refractivity contribution in [1.29, 1.82) is 0 Å². The standard InChI is InChI=1S/C15H21NO4/c1-10(2)13(20-3)9-16-14(17)8-11-5-4-6-12(7-11)15(18)19/h4-7,10,13H,8-9H2,1-3H3,(H,16,17)(H,18,19). The molecule has 1 amide bonds. The van der Waals surface area contributed by atoms with Crippen LogP contribution in [-0.4, -0.2) is 36.7 Å². The molecule has 0 saturated heterocycles. The van der Waals surface area contributed by atoms with Gasteiger partial charge in [0, 0.05) is 13.7 Å². The second-order valence-corrected chi connectivity index (χ2v) is 5.00. The molecule has 0 spiro atoms. The van der Waals surface area contributed by atoms with Gasteiger partial charge in [0.05, 0.1) is 18.1 Å². The molecule has 0 fully saturated rings. The molecule has 20 heavy (non-hydrogen) atoms. The van der Waals surface area contributed by atoms with Gasteiger partial charge in [-0.1, -0.05) is 26.0 Å². The highest BCUT2D eigenvalue weighted by atomic mass is 16.5. The first-order valence-electron chi connectivity index (χ1n) is 6.55. The Hall–Kier alpha value is -1.88. The Morgan fingerprint density at radius 2 is 2.05 bits per heavy atom. The van der Waals surface area contributed by atoms with Gasteiger partial charge in [-0.15, -0.1) is 0 Å². The Balaban J connectivity index is 2.54. The summed E-state index contributed by atoms with van der Waals surface area (Å²) in [6, 6.07) is 6.39. The molecule has 1 rings (SSSR count). The number of carboxylic acid groups (broad SMARTS) is 1. The minimum atomic E-state index is -0.994. The molecule has 0 saturated carbocycles. The summed E-state index contributed by atoms with van der Waals surface area (Å²) in [6.45, 7) is 4.50. The second kappa shape index (κ2) is 7.65. The first-order valence-corrected chi connectivity index (χ1v) is 6.55. The number of benzene rings is 1. The largest absolute Gasteiger partial charge is 0.478 e. The van der Waals surface area contributed by atoms with E-state index in [1.807, 2.05) is 13.8 Å². The lowest BCUT2D eigenvalue weighted by Crippen LogP contribution is -2.36. The van der Waals surface area contributed by atoms with E-state index in [9.17, 15) is 9.59 Å². The van der Waals surface area contributed by atoms with E-state index in [0.29, 0.717) is 18.0 Å². The maximum atomic E-state index is 11.8. The van der Waals surface area contributed by atoms with Crippen molar-refractivity contribution in [2.24, 2.45) is 5.92 Å². The van der Waals surface area contributed by atoms with E-state index in [1.165, 1.54) is 12.1 Å². The number of amides is 1. The average molecular weight is 279 g/mol. The van der Waals surface area contributed by atoms with E-state index < -0.39 is 5.97 Å². The molecular weight excluding hydrogens is 258 g/mol. The number of carbonyl (C=O) groups excluding carboxylic acids is 1. The minimum Gasteiger partial charge on any atom is -0.478 e. The fraction of sp³-hybridized carbons (Fsp3) is 0.467. The molecule has 1 aromatic rings. The van der Waals surface area contributed by atoms with Crippen molar-refractivity contribution < 1.29 is 19.4 Å². The molecule has 1 aromatic carbocycles. The lowest BCUT2D eigenvalue weighted by atomic mass is 10.1. The van der Waals surface area contributed by atoms with E-state index in [-0.39, 0.29) is 24.0 Å². The van der Waals surface area contributed by atoms with Crippen LogP contribution in [0.25, 0.3) is 0 Å². The van der Waals surface area contributed by atoms with E-state index in [0.717, 1.165) is 0 Å². The number of hydrogen-bond acceptors (Lipinski definition) is 3. The van der Waals surface area contributed by atoms with Gasteiger partial charge in [-0.25, -0.2) is 4.79 Å². The molecule has 110 valence electrons. The zero-order valence-electron chi connectivity index (χ0n) is 12.1. The van der Waals surface area contributed by atoms with Crippen molar-refractivity contribution in [2.45, 2.75) is 26.4 Å². The molecule has 1 atom stereocenters. The van der Waals surface area contributed by atoms with Crippen LogP contribution in [0.2, 0.25) is 0 Å². The Morgan fingerprint density at radius 3 is 2.60 bits per heavy atom. The van der Waals surface area contributed by atoms with E-state index in [4.69, 9.17) is 9.84 Å². The molecule has 5 heteroatoms. The van der Waals surface area contributed by atoms with Crippen molar-refractivity contribution >= 4 is 11.9 Å². The van der Waals surface area contributed by atoms with Gasteiger partial charge < -0.3 is 15.2 Å². The highest BCUT2D eigenvalue weighted by Gasteiger charge is 2.14. The van der Waals surface area contributed by atoms with Crippen LogP contribution in [-0.2, 0) is 16.0 Å². The van der Waals surface area contributed by atoms with Gasteiger partial charge >= 0.3 is 5.97 Å². The van der Waals surface area contributed by atoms with Crippen LogP contribution >= 0.6 is 0 Å². The fourth-order valence-corrected chi connectivity index (χ4v) is 1.87. The Kier molecular flexibility index (Phi) is 6.18. The molecule has 0 aliphatic rings. The topological polar surface area (TPSA) is 75.6 Å². The fourth-order valence-electron chi connectivity index (χ4n) is 1.87. The average Bonchev–Trinajstić information content (AvgIpc) is 2.39. The third-order valence-electron chi connectivity index (χ3n) is 3.09. The van der Waals surface area contributed by atoms with Crippen LogP contribution in [0.1, 0.15) is 29.8 Å². The summed E-state index contributed by atoms with van der Waals surface area (Å²) >= 11 is 0. The van der Waals surface area contributed by atoms with Crippen molar-refractivity contribution in [3.63, 3.8) is 0 Å².